The molecule has 2 nitrogen and oxygen atoms in total. The molecular formula is C17H30O2Si. The molecule has 0 spiro atoms. The summed E-state index contributed by atoms with van der Waals surface area (Å²) >= 11 is 0. The van der Waals surface area contributed by atoms with Crippen molar-refractivity contribution >= 4 is 8.32 Å². The number of rotatable bonds is 5. The second-order valence-electron chi connectivity index (χ2n) is 7.42. The van der Waals surface area contributed by atoms with Crippen LogP contribution in [0.25, 0.3) is 0 Å². The van der Waals surface area contributed by atoms with E-state index in [1.54, 1.807) is 0 Å². The minimum atomic E-state index is -1.83. The van der Waals surface area contributed by atoms with E-state index in [4.69, 9.17) is 16.0 Å². The van der Waals surface area contributed by atoms with E-state index < -0.39 is 8.32 Å². The Hall–Kier alpha value is -0.743. The van der Waals surface area contributed by atoms with Crippen molar-refractivity contribution in [1.82, 2.24) is 0 Å². The Balaban J connectivity index is 4.64. The highest BCUT2D eigenvalue weighted by atomic mass is 28.4. The van der Waals surface area contributed by atoms with Gasteiger partial charge in [0.05, 0.1) is 0 Å². The van der Waals surface area contributed by atoms with Crippen LogP contribution in [0.3, 0.4) is 0 Å². The molecule has 1 N–H and O–H groups in total. The maximum Gasteiger partial charge on any atom is 0.193 e. The monoisotopic (exact) mass is 294 g/mol. The first-order chi connectivity index (χ1) is 8.95. The van der Waals surface area contributed by atoms with Gasteiger partial charge in [-0.15, -0.1) is 6.42 Å². The summed E-state index contributed by atoms with van der Waals surface area (Å²) in [6.07, 6.45) is 7.14. The topological polar surface area (TPSA) is 29.5 Å². The summed E-state index contributed by atoms with van der Waals surface area (Å²) in [7, 11) is -1.83. The van der Waals surface area contributed by atoms with Crippen molar-refractivity contribution in [2.24, 2.45) is 5.41 Å². The Kier molecular flexibility index (Phi) is 7.05. The van der Waals surface area contributed by atoms with Crippen LogP contribution in [0, 0.1) is 29.6 Å². The summed E-state index contributed by atoms with van der Waals surface area (Å²) in [5, 5.41) is 8.93. The third kappa shape index (κ3) is 6.62. The standard InChI is InChI=1S/C17H30O2Si/c1-9-15(19-20(7,8)16(2,3)4)11-13-17(5,6)12-10-14-18/h1,15,18H,11,13-14H2,2-8H3. The van der Waals surface area contributed by atoms with Crippen LogP contribution >= 0.6 is 0 Å². The van der Waals surface area contributed by atoms with Crippen LogP contribution in [0.15, 0.2) is 0 Å². The lowest BCUT2D eigenvalue weighted by atomic mass is 9.87. The van der Waals surface area contributed by atoms with Crippen molar-refractivity contribution < 1.29 is 9.53 Å². The van der Waals surface area contributed by atoms with Gasteiger partial charge in [-0.3, -0.25) is 0 Å². The Morgan fingerprint density at radius 1 is 1.20 bits per heavy atom. The average Bonchev–Trinajstić information content (AvgIpc) is 2.30. The molecule has 0 amide bonds. The predicted octanol–water partition coefficient (Wildman–Crippen LogP) is 3.81. The van der Waals surface area contributed by atoms with E-state index in [1.165, 1.54) is 0 Å². The zero-order chi connectivity index (χ0) is 16.0. The van der Waals surface area contributed by atoms with Crippen molar-refractivity contribution in [3.05, 3.63) is 0 Å². The van der Waals surface area contributed by atoms with Gasteiger partial charge in [0, 0.05) is 5.41 Å². The lowest BCUT2D eigenvalue weighted by molar-refractivity contribution is 0.207. The highest BCUT2D eigenvalue weighted by Gasteiger charge is 2.39. The van der Waals surface area contributed by atoms with Crippen molar-refractivity contribution in [2.75, 3.05) is 6.61 Å². The average molecular weight is 295 g/mol. The number of hydrogen-bond donors (Lipinski definition) is 1. The molecule has 0 aromatic rings. The Morgan fingerprint density at radius 3 is 2.15 bits per heavy atom. The Bertz CT molecular complexity index is 399. The molecule has 0 saturated heterocycles. The van der Waals surface area contributed by atoms with Crippen LogP contribution in [-0.4, -0.2) is 26.1 Å². The number of terminal acetylenes is 1. The zero-order valence-corrected chi connectivity index (χ0v) is 15.1. The maximum atomic E-state index is 8.77. The van der Waals surface area contributed by atoms with Gasteiger partial charge in [-0.1, -0.05) is 38.5 Å². The van der Waals surface area contributed by atoms with Crippen LogP contribution in [0.4, 0.5) is 0 Å². The highest BCUT2D eigenvalue weighted by Crippen LogP contribution is 2.38. The molecule has 1 atom stereocenters. The lowest BCUT2D eigenvalue weighted by Gasteiger charge is -2.38. The summed E-state index contributed by atoms with van der Waals surface area (Å²) in [4.78, 5) is 0. The van der Waals surface area contributed by atoms with Gasteiger partial charge >= 0.3 is 0 Å². The summed E-state index contributed by atoms with van der Waals surface area (Å²) in [6, 6.07) is 0. The lowest BCUT2D eigenvalue weighted by Crippen LogP contribution is -2.43. The van der Waals surface area contributed by atoms with Crippen molar-refractivity contribution in [2.45, 2.75) is 71.7 Å². The molecule has 0 fully saturated rings. The van der Waals surface area contributed by atoms with E-state index in [0.29, 0.717) is 0 Å². The van der Waals surface area contributed by atoms with Gasteiger partial charge in [0.2, 0.25) is 0 Å². The number of aliphatic hydroxyl groups excluding tert-OH is 1. The fourth-order valence-electron chi connectivity index (χ4n) is 1.54. The van der Waals surface area contributed by atoms with Crippen LogP contribution in [0.2, 0.25) is 18.1 Å². The molecule has 0 aromatic heterocycles. The van der Waals surface area contributed by atoms with E-state index in [-0.39, 0.29) is 23.2 Å². The molecule has 3 heteroatoms. The van der Waals surface area contributed by atoms with Gasteiger partial charge in [0.15, 0.2) is 8.32 Å². The molecule has 0 bridgehead atoms. The van der Waals surface area contributed by atoms with Crippen LogP contribution < -0.4 is 0 Å². The SMILES string of the molecule is C#CC(CCC(C)(C)C#CCO)O[Si](C)(C)C(C)(C)C. The smallest absolute Gasteiger partial charge is 0.193 e. The minimum absolute atomic E-state index is 0.0948. The van der Waals surface area contributed by atoms with Gasteiger partial charge in [-0.2, -0.15) is 0 Å². The largest absolute Gasteiger partial charge is 0.403 e. The molecule has 1 unspecified atom stereocenters. The quantitative estimate of drug-likeness (QED) is 0.617. The van der Waals surface area contributed by atoms with Gasteiger partial charge < -0.3 is 9.53 Å². The first kappa shape index (κ1) is 19.3. The summed E-state index contributed by atoms with van der Waals surface area (Å²) in [5.41, 5.74) is -0.144. The highest BCUT2D eigenvalue weighted by molar-refractivity contribution is 6.74. The zero-order valence-electron chi connectivity index (χ0n) is 14.1. The van der Waals surface area contributed by atoms with E-state index in [1.807, 2.05) is 0 Å². The van der Waals surface area contributed by atoms with Gasteiger partial charge in [-0.25, -0.2) is 0 Å². The van der Waals surface area contributed by atoms with Gasteiger partial charge in [0.25, 0.3) is 0 Å². The Morgan fingerprint density at radius 2 is 1.75 bits per heavy atom. The van der Waals surface area contributed by atoms with E-state index >= 15 is 0 Å². The first-order valence-electron chi connectivity index (χ1n) is 7.20. The predicted molar refractivity (Wildman–Crippen MR) is 88.8 cm³/mol. The second kappa shape index (κ2) is 7.32. The van der Waals surface area contributed by atoms with Crippen LogP contribution in [0.5, 0.6) is 0 Å². The van der Waals surface area contributed by atoms with Gasteiger partial charge in [0.1, 0.15) is 12.7 Å². The van der Waals surface area contributed by atoms with E-state index in [9.17, 15) is 0 Å². The molecule has 0 aromatic carbocycles. The third-order valence-corrected chi connectivity index (χ3v) is 8.45. The molecule has 0 aliphatic carbocycles. The van der Waals surface area contributed by atoms with Crippen LogP contribution in [-0.2, 0) is 4.43 Å². The molecule has 0 rings (SSSR count). The summed E-state index contributed by atoms with van der Waals surface area (Å²) < 4.78 is 6.26. The molecule has 0 aliphatic heterocycles. The van der Waals surface area contributed by atoms with Crippen molar-refractivity contribution in [3.63, 3.8) is 0 Å². The maximum absolute atomic E-state index is 8.77. The van der Waals surface area contributed by atoms with Gasteiger partial charge in [-0.05, 0) is 44.8 Å². The molecule has 0 radical (unpaired) electrons. The fourth-order valence-corrected chi connectivity index (χ4v) is 2.79. The van der Waals surface area contributed by atoms with E-state index in [0.717, 1.165) is 12.8 Å². The van der Waals surface area contributed by atoms with Crippen LogP contribution in [0.1, 0.15) is 47.5 Å². The molecule has 0 aliphatic rings. The summed E-state index contributed by atoms with van der Waals surface area (Å²) in [6.45, 7) is 15.1. The number of aliphatic hydroxyl groups is 1. The third-order valence-electron chi connectivity index (χ3n) is 3.97. The molecule has 20 heavy (non-hydrogen) atoms. The fraction of sp³-hybridized carbons (Fsp3) is 0.765. The first-order valence-corrected chi connectivity index (χ1v) is 10.1. The van der Waals surface area contributed by atoms with Crippen molar-refractivity contribution in [1.29, 1.82) is 0 Å². The second-order valence-corrected chi connectivity index (χ2v) is 12.2. The molecule has 0 saturated carbocycles. The number of hydrogen-bond acceptors (Lipinski definition) is 2. The molecular weight excluding hydrogens is 264 g/mol. The minimum Gasteiger partial charge on any atom is -0.403 e. The van der Waals surface area contributed by atoms with Crippen molar-refractivity contribution in [3.8, 4) is 24.2 Å². The molecule has 0 heterocycles. The Labute approximate surface area is 126 Å². The summed E-state index contributed by atoms with van der Waals surface area (Å²) in [5.74, 6) is 8.57. The molecule has 114 valence electrons. The normalized spacial score (nSPS) is 14.2. The van der Waals surface area contributed by atoms with E-state index in [2.05, 4.69) is 65.5 Å².